The second-order valence-corrected chi connectivity index (χ2v) is 17.5. The maximum absolute atomic E-state index is 12.7. The van der Waals surface area contributed by atoms with Gasteiger partial charge in [0.15, 0.2) is 0 Å². The zero-order valence-electron chi connectivity index (χ0n) is 26.5. The van der Waals surface area contributed by atoms with Crippen LogP contribution in [-0.2, 0) is 10.8 Å². The van der Waals surface area contributed by atoms with Crippen LogP contribution in [0.2, 0.25) is 0 Å². The topological polar surface area (TPSA) is 149 Å². The summed E-state index contributed by atoms with van der Waals surface area (Å²) in [7, 11) is 0. The molecule has 8 bridgehead atoms. The Balaban J connectivity index is 1.31. The first-order valence-electron chi connectivity index (χ1n) is 16.8. The van der Waals surface area contributed by atoms with Crippen molar-refractivity contribution in [3.63, 3.8) is 0 Å². The zero-order chi connectivity index (χ0) is 32.7. The Labute approximate surface area is 268 Å². The van der Waals surface area contributed by atoms with E-state index in [0.717, 1.165) is 77.0 Å². The molecule has 4 N–H and O–H groups in total. The van der Waals surface area contributed by atoms with Crippen LogP contribution >= 0.6 is 0 Å². The first-order valence-corrected chi connectivity index (χ1v) is 16.8. The number of hydrogen-bond acceptors (Lipinski definition) is 4. The molecule has 0 saturated heterocycles. The van der Waals surface area contributed by atoms with Gasteiger partial charge in [-0.1, -0.05) is 13.8 Å². The third-order valence-electron chi connectivity index (χ3n) is 13.9. The fourth-order valence-corrected chi connectivity index (χ4v) is 14.3. The smallest absolute Gasteiger partial charge is 0.335 e. The van der Waals surface area contributed by atoms with E-state index in [1.807, 2.05) is 0 Å². The van der Waals surface area contributed by atoms with Crippen molar-refractivity contribution in [1.82, 2.24) is 0 Å². The number of hydrogen-bond donors (Lipinski definition) is 4. The summed E-state index contributed by atoms with van der Waals surface area (Å²) in [6, 6.07) is 9.07. The third kappa shape index (κ3) is 3.97. The molecular formula is C38H42O8. The average Bonchev–Trinajstić information content (AvgIpc) is 2.94. The molecule has 2 aromatic carbocycles. The standard InChI is InChI=1S/C38H42O8/c1-33-14-34(2)16-36(15-33,28-9-24(30(41)42)4-6-26(28)32(45)46)20-38(17-33,18-34)37-12-21-7-22(13-37)11-35(10-21,19-37)27-8-23(29(39)40)3-5-25(27)31(43)44/h3-6,8-9,21-22H,7,10-20H2,1-2H3,(H,39,40)(H,41,42)(H,43,44)(H,45,46). The van der Waals surface area contributed by atoms with Crippen molar-refractivity contribution in [2.45, 2.75) is 102 Å². The highest BCUT2D eigenvalue weighted by molar-refractivity contribution is 5.94. The molecule has 8 aliphatic rings. The van der Waals surface area contributed by atoms with E-state index in [2.05, 4.69) is 13.8 Å². The molecule has 0 aromatic heterocycles. The molecule has 4 unspecified atom stereocenters. The molecule has 0 radical (unpaired) electrons. The van der Waals surface area contributed by atoms with Crippen molar-refractivity contribution in [2.75, 3.05) is 0 Å². The fraction of sp³-hybridized carbons (Fsp3) is 0.579. The molecule has 4 atom stereocenters. The molecule has 242 valence electrons. The van der Waals surface area contributed by atoms with E-state index in [0.29, 0.717) is 23.0 Å². The molecule has 8 saturated carbocycles. The van der Waals surface area contributed by atoms with E-state index >= 15 is 0 Å². The average molecular weight is 627 g/mol. The minimum Gasteiger partial charge on any atom is -0.478 e. The van der Waals surface area contributed by atoms with E-state index in [1.165, 1.54) is 24.3 Å². The van der Waals surface area contributed by atoms with Crippen LogP contribution in [0, 0.1) is 33.5 Å². The summed E-state index contributed by atoms with van der Waals surface area (Å²) in [5.74, 6) is -3.32. The van der Waals surface area contributed by atoms with Crippen LogP contribution in [0.5, 0.6) is 0 Å². The van der Waals surface area contributed by atoms with Crippen LogP contribution in [0.3, 0.4) is 0 Å². The molecule has 8 fully saturated rings. The largest absolute Gasteiger partial charge is 0.478 e. The Kier molecular flexibility index (Phi) is 5.82. The number of aromatic carboxylic acids is 4. The molecule has 8 aliphatic carbocycles. The first kappa shape index (κ1) is 29.7. The van der Waals surface area contributed by atoms with Crippen molar-refractivity contribution < 1.29 is 39.6 Å². The normalized spacial score (nSPS) is 41.4. The number of rotatable bonds is 7. The van der Waals surface area contributed by atoms with Gasteiger partial charge in [-0.05, 0) is 169 Å². The number of carboxylic acids is 4. The monoisotopic (exact) mass is 626 g/mol. The summed E-state index contributed by atoms with van der Waals surface area (Å²) < 4.78 is 0. The molecule has 46 heavy (non-hydrogen) atoms. The van der Waals surface area contributed by atoms with Crippen molar-refractivity contribution in [1.29, 1.82) is 0 Å². The zero-order valence-corrected chi connectivity index (χ0v) is 26.5. The molecule has 2 aromatic rings. The molecule has 0 spiro atoms. The van der Waals surface area contributed by atoms with Crippen LogP contribution in [-0.4, -0.2) is 44.3 Å². The Hall–Kier alpha value is -3.68. The van der Waals surface area contributed by atoms with Crippen LogP contribution < -0.4 is 0 Å². The predicted molar refractivity (Wildman–Crippen MR) is 168 cm³/mol. The molecule has 0 amide bonds. The lowest BCUT2D eigenvalue weighted by molar-refractivity contribution is -0.250. The Morgan fingerprint density at radius 1 is 0.543 bits per heavy atom. The molecule has 8 nitrogen and oxygen atoms in total. The van der Waals surface area contributed by atoms with Gasteiger partial charge in [-0.15, -0.1) is 0 Å². The molecular weight excluding hydrogens is 584 g/mol. The van der Waals surface area contributed by atoms with E-state index in [9.17, 15) is 39.6 Å². The lowest BCUT2D eigenvalue weighted by atomic mass is 9.27. The Bertz CT molecular complexity index is 1720. The van der Waals surface area contributed by atoms with Gasteiger partial charge in [-0.3, -0.25) is 0 Å². The van der Waals surface area contributed by atoms with Gasteiger partial charge < -0.3 is 20.4 Å². The van der Waals surface area contributed by atoms with E-state index in [4.69, 9.17) is 0 Å². The minimum atomic E-state index is -1.06. The van der Waals surface area contributed by atoms with Gasteiger partial charge >= 0.3 is 23.9 Å². The van der Waals surface area contributed by atoms with Crippen LogP contribution in [0.1, 0.15) is 143 Å². The van der Waals surface area contributed by atoms with Gasteiger partial charge in [0.1, 0.15) is 0 Å². The van der Waals surface area contributed by atoms with Gasteiger partial charge in [-0.2, -0.15) is 0 Å². The summed E-state index contributed by atoms with van der Waals surface area (Å²) in [6.07, 6.45) is 11.4. The van der Waals surface area contributed by atoms with Gasteiger partial charge in [0.05, 0.1) is 22.3 Å². The van der Waals surface area contributed by atoms with E-state index in [-0.39, 0.29) is 43.9 Å². The maximum Gasteiger partial charge on any atom is 0.335 e. The van der Waals surface area contributed by atoms with Crippen LogP contribution in [0.15, 0.2) is 36.4 Å². The predicted octanol–water partition coefficient (Wildman–Crippen LogP) is 7.64. The fourth-order valence-electron chi connectivity index (χ4n) is 14.3. The van der Waals surface area contributed by atoms with E-state index in [1.54, 1.807) is 12.1 Å². The maximum atomic E-state index is 12.7. The van der Waals surface area contributed by atoms with Crippen molar-refractivity contribution in [2.24, 2.45) is 33.5 Å². The quantitative estimate of drug-likeness (QED) is 0.245. The molecule has 10 rings (SSSR count). The highest BCUT2D eigenvalue weighted by Crippen LogP contribution is 2.82. The van der Waals surface area contributed by atoms with E-state index < -0.39 is 34.7 Å². The second kappa shape index (κ2) is 9.02. The summed E-state index contributed by atoms with van der Waals surface area (Å²) >= 11 is 0. The summed E-state index contributed by atoms with van der Waals surface area (Å²) in [5.41, 5.74) is 0.834. The third-order valence-corrected chi connectivity index (χ3v) is 13.9. The Morgan fingerprint density at radius 3 is 1.46 bits per heavy atom. The van der Waals surface area contributed by atoms with Crippen LogP contribution in [0.25, 0.3) is 0 Å². The van der Waals surface area contributed by atoms with Gasteiger partial charge in [-0.25, -0.2) is 19.2 Å². The highest BCUT2D eigenvalue weighted by atomic mass is 16.4. The Morgan fingerprint density at radius 2 is 1.00 bits per heavy atom. The highest BCUT2D eigenvalue weighted by Gasteiger charge is 2.74. The lowest BCUT2D eigenvalue weighted by Crippen LogP contribution is -2.69. The molecule has 0 aliphatic heterocycles. The summed E-state index contributed by atoms with van der Waals surface area (Å²) in [5, 5.41) is 40.5. The van der Waals surface area contributed by atoms with Crippen molar-refractivity contribution in [3.8, 4) is 0 Å². The summed E-state index contributed by atoms with van der Waals surface area (Å²) in [6.45, 7) is 4.73. The first-order chi connectivity index (χ1) is 21.5. The van der Waals surface area contributed by atoms with Crippen molar-refractivity contribution >= 4 is 23.9 Å². The molecule has 0 heterocycles. The number of carboxylic acid groups (broad SMARTS) is 4. The van der Waals surface area contributed by atoms with Gasteiger partial charge in [0.25, 0.3) is 0 Å². The second-order valence-electron chi connectivity index (χ2n) is 17.5. The van der Waals surface area contributed by atoms with Gasteiger partial charge in [0.2, 0.25) is 0 Å². The van der Waals surface area contributed by atoms with Gasteiger partial charge in [0, 0.05) is 0 Å². The number of benzene rings is 2. The summed E-state index contributed by atoms with van der Waals surface area (Å²) in [4.78, 5) is 49.6. The van der Waals surface area contributed by atoms with Crippen molar-refractivity contribution in [3.05, 3.63) is 69.8 Å². The minimum absolute atomic E-state index is 0.0373. The number of carbonyl (C=O) groups is 4. The molecule has 8 heteroatoms. The lowest BCUT2D eigenvalue weighted by Gasteiger charge is -2.77. The van der Waals surface area contributed by atoms with Crippen LogP contribution in [0.4, 0.5) is 0 Å². The SMILES string of the molecule is CC12CC3(C)CC(c4cc(C(=O)O)ccc4C(=O)O)(C1)CC(C14CC5CC(CC(c6cc(C(=O)O)ccc6C(=O)O)(C5)C1)C4)(C2)C3.